The number of nitrogens with zero attached hydrogens (tertiary/aromatic N) is 2. The maximum atomic E-state index is 13.2. The third kappa shape index (κ3) is 3.19. The van der Waals surface area contributed by atoms with Crippen molar-refractivity contribution in [2.45, 2.75) is 20.3 Å². The summed E-state index contributed by atoms with van der Waals surface area (Å²) < 4.78 is 18.8. The van der Waals surface area contributed by atoms with Gasteiger partial charge in [-0.15, -0.1) is 0 Å². The third-order valence-corrected chi connectivity index (χ3v) is 2.67. The van der Waals surface area contributed by atoms with Crippen LogP contribution in [0.1, 0.15) is 18.3 Å². The van der Waals surface area contributed by atoms with Crippen LogP contribution < -0.4 is 10.1 Å². The molecule has 1 heterocycles. The monoisotopic (exact) mass is 261 g/mol. The Labute approximate surface area is 111 Å². The summed E-state index contributed by atoms with van der Waals surface area (Å²) in [6, 6.07) is 6.31. The van der Waals surface area contributed by atoms with E-state index in [0.717, 1.165) is 0 Å². The minimum absolute atomic E-state index is 0.250. The Morgan fingerprint density at radius 1 is 1.26 bits per heavy atom. The Bertz CT molecular complexity index is 565. The molecule has 0 atom stereocenters. The van der Waals surface area contributed by atoms with Crippen molar-refractivity contribution in [2.75, 3.05) is 12.4 Å². The van der Waals surface area contributed by atoms with E-state index in [0.29, 0.717) is 35.3 Å². The number of nitrogens with one attached hydrogen (secondary N) is 1. The number of rotatable bonds is 4. The zero-order valence-electron chi connectivity index (χ0n) is 11.2. The first-order chi connectivity index (χ1) is 9.12. The van der Waals surface area contributed by atoms with Crippen LogP contribution in [0.5, 0.6) is 11.6 Å². The molecule has 2 aromatic rings. The molecule has 100 valence electrons. The number of benzene rings is 1. The summed E-state index contributed by atoms with van der Waals surface area (Å²) in [7, 11) is 1.79. The molecule has 1 N–H and O–H groups in total. The van der Waals surface area contributed by atoms with Crippen molar-refractivity contribution in [3.8, 4) is 11.6 Å². The molecule has 2 rings (SSSR count). The Morgan fingerprint density at radius 3 is 2.68 bits per heavy atom. The van der Waals surface area contributed by atoms with Crippen LogP contribution in [0.15, 0.2) is 24.3 Å². The number of halogens is 1. The maximum Gasteiger partial charge on any atom is 0.224 e. The first kappa shape index (κ1) is 13.3. The molecule has 0 radical (unpaired) electrons. The van der Waals surface area contributed by atoms with Crippen molar-refractivity contribution in [3.63, 3.8) is 0 Å². The predicted octanol–water partition coefficient (Wildman–Crippen LogP) is 3.32. The first-order valence-corrected chi connectivity index (χ1v) is 6.12. The first-order valence-electron chi connectivity index (χ1n) is 6.12. The second kappa shape index (κ2) is 5.65. The van der Waals surface area contributed by atoms with E-state index in [9.17, 15) is 4.39 Å². The summed E-state index contributed by atoms with van der Waals surface area (Å²) in [5.74, 6) is 2.14. The highest BCUT2D eigenvalue weighted by Gasteiger charge is 2.06. The van der Waals surface area contributed by atoms with Gasteiger partial charge in [0.1, 0.15) is 23.2 Å². The van der Waals surface area contributed by atoms with Gasteiger partial charge in [0, 0.05) is 19.5 Å². The molecule has 0 aliphatic carbocycles. The van der Waals surface area contributed by atoms with Crippen LogP contribution >= 0.6 is 0 Å². The molecular weight excluding hydrogens is 245 g/mol. The topological polar surface area (TPSA) is 47.0 Å². The van der Waals surface area contributed by atoms with Gasteiger partial charge in [0.05, 0.1) is 0 Å². The fourth-order valence-corrected chi connectivity index (χ4v) is 1.61. The van der Waals surface area contributed by atoms with Gasteiger partial charge in [-0.2, -0.15) is 4.98 Å². The summed E-state index contributed by atoms with van der Waals surface area (Å²) in [5.41, 5.74) is 0.538. The molecule has 0 bridgehead atoms. The number of hydrogen-bond donors (Lipinski definition) is 1. The van der Waals surface area contributed by atoms with E-state index >= 15 is 0 Å². The van der Waals surface area contributed by atoms with Crippen molar-refractivity contribution in [1.82, 2.24) is 9.97 Å². The zero-order valence-corrected chi connectivity index (χ0v) is 11.2. The van der Waals surface area contributed by atoms with Crippen molar-refractivity contribution >= 4 is 5.82 Å². The average molecular weight is 261 g/mol. The van der Waals surface area contributed by atoms with E-state index in [4.69, 9.17) is 4.74 Å². The van der Waals surface area contributed by atoms with E-state index in [-0.39, 0.29) is 5.82 Å². The fourth-order valence-electron chi connectivity index (χ4n) is 1.61. The molecule has 0 saturated carbocycles. The van der Waals surface area contributed by atoms with Gasteiger partial charge in [-0.05, 0) is 30.7 Å². The Kier molecular flexibility index (Phi) is 3.94. The van der Waals surface area contributed by atoms with Crippen LogP contribution in [-0.4, -0.2) is 17.0 Å². The lowest BCUT2D eigenvalue weighted by atomic mass is 10.2. The van der Waals surface area contributed by atoms with Gasteiger partial charge in [0.2, 0.25) is 5.88 Å². The highest BCUT2D eigenvalue weighted by molar-refractivity contribution is 5.40. The van der Waals surface area contributed by atoms with Crippen LogP contribution in [0.25, 0.3) is 0 Å². The molecule has 0 unspecified atom stereocenters. The molecule has 4 nitrogen and oxygen atoms in total. The van der Waals surface area contributed by atoms with Crippen LogP contribution in [-0.2, 0) is 6.42 Å². The van der Waals surface area contributed by atoms with Gasteiger partial charge in [-0.1, -0.05) is 6.92 Å². The number of aromatic nitrogens is 2. The van der Waals surface area contributed by atoms with Crippen LogP contribution in [0.3, 0.4) is 0 Å². The Balaban J connectivity index is 2.29. The third-order valence-electron chi connectivity index (χ3n) is 2.67. The normalized spacial score (nSPS) is 10.3. The maximum absolute atomic E-state index is 13.2. The summed E-state index contributed by atoms with van der Waals surface area (Å²) in [6.45, 7) is 3.67. The van der Waals surface area contributed by atoms with Gasteiger partial charge in [-0.3, -0.25) is 0 Å². The van der Waals surface area contributed by atoms with Crippen LogP contribution in [0.4, 0.5) is 10.2 Å². The van der Waals surface area contributed by atoms with Gasteiger partial charge in [-0.25, -0.2) is 9.37 Å². The van der Waals surface area contributed by atoms with Crippen molar-refractivity contribution in [1.29, 1.82) is 0 Å². The number of anilines is 1. The molecule has 1 aromatic heterocycles. The van der Waals surface area contributed by atoms with Gasteiger partial charge in [0.15, 0.2) is 0 Å². The lowest BCUT2D eigenvalue weighted by molar-refractivity contribution is 0.457. The van der Waals surface area contributed by atoms with E-state index in [1.807, 2.05) is 6.92 Å². The summed E-state index contributed by atoms with van der Waals surface area (Å²) in [5, 5.41) is 2.96. The van der Waals surface area contributed by atoms with Gasteiger partial charge >= 0.3 is 0 Å². The second-order valence-electron chi connectivity index (χ2n) is 4.12. The summed E-state index contributed by atoms with van der Waals surface area (Å²) >= 11 is 0. The molecule has 0 aliphatic rings. The number of ether oxygens (including phenoxy) is 1. The number of hydrogen-bond acceptors (Lipinski definition) is 4. The molecule has 0 spiro atoms. The largest absolute Gasteiger partial charge is 0.439 e. The smallest absolute Gasteiger partial charge is 0.224 e. The molecule has 0 aliphatic heterocycles. The molecule has 1 aromatic carbocycles. The molecule has 0 amide bonds. The summed E-state index contributed by atoms with van der Waals surface area (Å²) in [6.07, 6.45) is 0.717. The van der Waals surface area contributed by atoms with Crippen molar-refractivity contribution in [3.05, 3.63) is 41.5 Å². The average Bonchev–Trinajstić information content (AvgIpc) is 2.42. The molecule has 5 heteroatoms. The standard InChI is InChI=1S/C14H16FN3O/c1-4-12-17-13(16-3)8-14(18-12)19-10-5-6-11(15)9(2)7-10/h5-8H,4H2,1-3H3,(H,16,17,18). The summed E-state index contributed by atoms with van der Waals surface area (Å²) in [4.78, 5) is 8.56. The van der Waals surface area contributed by atoms with Gasteiger partial charge in [0.25, 0.3) is 0 Å². The van der Waals surface area contributed by atoms with E-state index in [2.05, 4.69) is 15.3 Å². The molecule has 19 heavy (non-hydrogen) atoms. The van der Waals surface area contributed by atoms with E-state index in [1.165, 1.54) is 6.07 Å². The Hall–Kier alpha value is -2.17. The van der Waals surface area contributed by atoms with Crippen LogP contribution in [0.2, 0.25) is 0 Å². The number of aryl methyl sites for hydroxylation is 2. The highest BCUT2D eigenvalue weighted by Crippen LogP contribution is 2.23. The van der Waals surface area contributed by atoms with Crippen molar-refractivity contribution in [2.24, 2.45) is 0 Å². The fraction of sp³-hybridized carbons (Fsp3) is 0.286. The molecular formula is C14H16FN3O. The molecule has 0 saturated heterocycles. The predicted molar refractivity (Wildman–Crippen MR) is 72.2 cm³/mol. The van der Waals surface area contributed by atoms with Crippen LogP contribution in [0, 0.1) is 12.7 Å². The minimum Gasteiger partial charge on any atom is -0.439 e. The minimum atomic E-state index is -0.250. The lowest BCUT2D eigenvalue weighted by Gasteiger charge is -2.09. The quantitative estimate of drug-likeness (QED) is 0.917. The van der Waals surface area contributed by atoms with E-state index < -0.39 is 0 Å². The van der Waals surface area contributed by atoms with Gasteiger partial charge < -0.3 is 10.1 Å². The zero-order chi connectivity index (χ0) is 13.8. The van der Waals surface area contributed by atoms with Crippen molar-refractivity contribution < 1.29 is 9.13 Å². The van der Waals surface area contributed by atoms with E-state index in [1.54, 1.807) is 32.2 Å². The second-order valence-corrected chi connectivity index (χ2v) is 4.12. The lowest BCUT2D eigenvalue weighted by Crippen LogP contribution is -2.01. The molecule has 0 fully saturated rings. The Morgan fingerprint density at radius 2 is 2.05 bits per heavy atom. The highest BCUT2D eigenvalue weighted by atomic mass is 19.1. The SMILES string of the molecule is CCc1nc(NC)cc(Oc2ccc(F)c(C)c2)n1.